The Morgan fingerprint density at radius 3 is 2.88 bits per heavy atom. The van der Waals surface area contributed by atoms with E-state index < -0.39 is 5.82 Å². The zero-order valence-corrected chi connectivity index (χ0v) is 10.2. The minimum Gasteiger partial charge on any atom is -0.352 e. The van der Waals surface area contributed by atoms with E-state index in [2.05, 4.69) is 24.9 Å². The Balaban J connectivity index is 2.55. The van der Waals surface area contributed by atoms with Crippen molar-refractivity contribution in [2.24, 2.45) is 0 Å². The van der Waals surface area contributed by atoms with Crippen LogP contribution in [0.3, 0.4) is 0 Å². The van der Waals surface area contributed by atoms with Gasteiger partial charge in [-0.2, -0.15) is 0 Å². The molecule has 0 aromatic heterocycles. The largest absolute Gasteiger partial charge is 0.352 e. The van der Waals surface area contributed by atoms with Gasteiger partial charge in [0.1, 0.15) is 5.82 Å². The minimum atomic E-state index is -0.509. The van der Waals surface area contributed by atoms with Crippen LogP contribution in [-0.2, 0) is 0 Å². The number of carbonyl (C=O) groups is 1. The van der Waals surface area contributed by atoms with Crippen LogP contribution < -0.4 is 5.32 Å². The second-order valence-corrected chi connectivity index (χ2v) is 4.14. The van der Waals surface area contributed by atoms with E-state index in [0.29, 0.717) is 11.4 Å². The molecule has 0 heterocycles. The summed E-state index contributed by atoms with van der Waals surface area (Å²) in [6.07, 6.45) is 3.08. The van der Waals surface area contributed by atoms with Crippen molar-refractivity contribution in [2.75, 3.05) is 6.54 Å². The molecule has 88 valence electrons. The Labute approximate surface area is 101 Å². The molecule has 1 N–H and O–H groups in total. The Bertz CT molecular complexity index is 368. The summed E-state index contributed by atoms with van der Waals surface area (Å²) < 4.78 is 13.3. The van der Waals surface area contributed by atoms with Crippen molar-refractivity contribution in [1.29, 1.82) is 0 Å². The molecule has 0 unspecified atom stereocenters. The Morgan fingerprint density at radius 1 is 1.44 bits per heavy atom. The van der Waals surface area contributed by atoms with Crippen molar-refractivity contribution < 1.29 is 9.18 Å². The summed E-state index contributed by atoms with van der Waals surface area (Å²) >= 11 is 4.07. The number of benzene rings is 1. The summed E-state index contributed by atoms with van der Waals surface area (Å²) in [6.45, 7) is 2.68. The van der Waals surface area contributed by atoms with Crippen molar-refractivity contribution >= 4 is 18.5 Å². The zero-order chi connectivity index (χ0) is 12.0. The van der Waals surface area contributed by atoms with Crippen molar-refractivity contribution in [3.05, 3.63) is 29.6 Å². The van der Waals surface area contributed by atoms with Crippen LogP contribution in [0.25, 0.3) is 0 Å². The fraction of sp³-hybridized carbons (Fsp3) is 0.417. The van der Waals surface area contributed by atoms with Crippen LogP contribution in [0.1, 0.15) is 36.5 Å². The van der Waals surface area contributed by atoms with E-state index in [9.17, 15) is 9.18 Å². The molecule has 4 heteroatoms. The zero-order valence-electron chi connectivity index (χ0n) is 9.29. The summed E-state index contributed by atoms with van der Waals surface area (Å²) in [5.41, 5.74) is 0.0593. The smallest absolute Gasteiger partial charge is 0.254 e. The van der Waals surface area contributed by atoms with Gasteiger partial charge >= 0.3 is 0 Å². The number of rotatable bonds is 5. The first-order valence-corrected chi connectivity index (χ1v) is 5.86. The second kappa shape index (κ2) is 6.53. The third-order valence-electron chi connectivity index (χ3n) is 2.26. The van der Waals surface area contributed by atoms with E-state index in [-0.39, 0.29) is 11.5 Å². The molecule has 0 fully saturated rings. The van der Waals surface area contributed by atoms with Crippen LogP contribution in [-0.4, -0.2) is 12.5 Å². The number of hydrogen-bond acceptors (Lipinski definition) is 2. The Morgan fingerprint density at radius 2 is 2.19 bits per heavy atom. The first-order chi connectivity index (χ1) is 7.65. The molecule has 0 spiro atoms. The third kappa shape index (κ3) is 3.85. The summed E-state index contributed by atoms with van der Waals surface area (Å²) in [5, 5.41) is 2.69. The molecular formula is C12H16FNOS. The van der Waals surface area contributed by atoms with E-state index in [1.165, 1.54) is 18.2 Å². The third-order valence-corrected chi connectivity index (χ3v) is 2.54. The molecule has 0 saturated carbocycles. The minimum absolute atomic E-state index is 0.0593. The number of carbonyl (C=O) groups excluding carboxylic acids is 1. The van der Waals surface area contributed by atoms with Gasteiger partial charge < -0.3 is 5.32 Å². The van der Waals surface area contributed by atoms with Gasteiger partial charge in [0.05, 0.1) is 5.56 Å². The van der Waals surface area contributed by atoms with Crippen LogP contribution in [0, 0.1) is 5.82 Å². The predicted octanol–water partition coefficient (Wildman–Crippen LogP) is 3.03. The lowest BCUT2D eigenvalue weighted by Crippen LogP contribution is -2.25. The van der Waals surface area contributed by atoms with Crippen molar-refractivity contribution in [3.8, 4) is 0 Å². The predicted molar refractivity (Wildman–Crippen MR) is 65.5 cm³/mol. The molecule has 0 atom stereocenters. The van der Waals surface area contributed by atoms with Gasteiger partial charge in [-0.1, -0.05) is 19.8 Å². The maximum absolute atomic E-state index is 13.3. The molecule has 0 radical (unpaired) electrons. The highest BCUT2D eigenvalue weighted by Crippen LogP contribution is 2.13. The average molecular weight is 241 g/mol. The lowest BCUT2D eigenvalue weighted by atomic mass is 10.2. The van der Waals surface area contributed by atoms with Gasteiger partial charge in [0, 0.05) is 11.4 Å². The maximum Gasteiger partial charge on any atom is 0.254 e. The first kappa shape index (κ1) is 13.0. The van der Waals surface area contributed by atoms with E-state index in [1.807, 2.05) is 0 Å². The van der Waals surface area contributed by atoms with E-state index in [0.717, 1.165) is 19.3 Å². The molecule has 0 bridgehead atoms. The summed E-state index contributed by atoms with van der Waals surface area (Å²) in [4.78, 5) is 12.2. The Kier molecular flexibility index (Phi) is 5.32. The summed E-state index contributed by atoms with van der Waals surface area (Å²) in [5.74, 6) is -0.879. The van der Waals surface area contributed by atoms with Crippen LogP contribution >= 0.6 is 12.6 Å². The number of nitrogens with one attached hydrogen (secondary N) is 1. The molecule has 0 saturated heterocycles. The quantitative estimate of drug-likeness (QED) is 0.602. The monoisotopic (exact) mass is 241 g/mol. The summed E-state index contributed by atoms with van der Waals surface area (Å²) in [6, 6.07) is 4.21. The van der Waals surface area contributed by atoms with Crippen LogP contribution in [0.4, 0.5) is 4.39 Å². The number of halogens is 1. The fourth-order valence-electron chi connectivity index (χ4n) is 1.36. The maximum atomic E-state index is 13.3. The van der Waals surface area contributed by atoms with Crippen molar-refractivity contribution in [3.63, 3.8) is 0 Å². The molecule has 1 rings (SSSR count). The second-order valence-electron chi connectivity index (χ2n) is 3.63. The van der Waals surface area contributed by atoms with Gasteiger partial charge in [0.25, 0.3) is 5.91 Å². The molecule has 2 nitrogen and oxygen atoms in total. The van der Waals surface area contributed by atoms with Crippen molar-refractivity contribution in [1.82, 2.24) is 5.32 Å². The van der Waals surface area contributed by atoms with Gasteiger partial charge in [-0.15, -0.1) is 12.6 Å². The fourth-order valence-corrected chi connectivity index (χ4v) is 1.56. The van der Waals surface area contributed by atoms with Gasteiger partial charge in [-0.25, -0.2) is 4.39 Å². The van der Waals surface area contributed by atoms with Crippen molar-refractivity contribution in [2.45, 2.75) is 31.1 Å². The molecule has 1 amide bonds. The molecule has 0 aliphatic heterocycles. The van der Waals surface area contributed by atoms with E-state index >= 15 is 0 Å². The average Bonchev–Trinajstić information content (AvgIpc) is 2.27. The van der Waals surface area contributed by atoms with Gasteiger partial charge in [-0.3, -0.25) is 4.79 Å². The normalized spacial score (nSPS) is 10.2. The highest BCUT2D eigenvalue weighted by Gasteiger charge is 2.10. The number of amides is 1. The van der Waals surface area contributed by atoms with Crippen LogP contribution in [0.15, 0.2) is 23.1 Å². The SMILES string of the molecule is CCCCCNC(=O)c1cc(S)ccc1F. The number of hydrogen-bond donors (Lipinski definition) is 2. The molecular weight excluding hydrogens is 225 g/mol. The molecule has 16 heavy (non-hydrogen) atoms. The Hall–Kier alpha value is -1.03. The highest BCUT2D eigenvalue weighted by atomic mass is 32.1. The topological polar surface area (TPSA) is 29.1 Å². The first-order valence-electron chi connectivity index (χ1n) is 5.42. The lowest BCUT2D eigenvalue weighted by molar-refractivity contribution is 0.0948. The van der Waals surface area contributed by atoms with Crippen LogP contribution in [0.2, 0.25) is 0 Å². The van der Waals surface area contributed by atoms with Gasteiger partial charge in [-0.05, 0) is 24.6 Å². The van der Waals surface area contributed by atoms with Gasteiger partial charge in [0.2, 0.25) is 0 Å². The molecule has 1 aromatic rings. The van der Waals surface area contributed by atoms with E-state index in [4.69, 9.17) is 0 Å². The van der Waals surface area contributed by atoms with E-state index in [1.54, 1.807) is 0 Å². The van der Waals surface area contributed by atoms with Gasteiger partial charge in [0.15, 0.2) is 0 Å². The molecule has 1 aromatic carbocycles. The molecule has 0 aliphatic carbocycles. The lowest BCUT2D eigenvalue weighted by Gasteiger charge is -2.06. The summed E-state index contributed by atoms with van der Waals surface area (Å²) in [7, 11) is 0. The number of thiol groups is 1. The van der Waals surface area contributed by atoms with Crippen LogP contribution in [0.5, 0.6) is 0 Å². The number of unbranched alkanes of at least 4 members (excludes halogenated alkanes) is 2. The highest BCUT2D eigenvalue weighted by molar-refractivity contribution is 7.80. The molecule has 0 aliphatic rings. The standard InChI is InChI=1S/C12H16FNOS/c1-2-3-4-7-14-12(15)10-8-9(16)5-6-11(10)13/h5-6,8,16H,2-4,7H2,1H3,(H,14,15).